The van der Waals surface area contributed by atoms with Gasteiger partial charge in [0.1, 0.15) is 10.8 Å². The Balaban J connectivity index is 1.45. The Bertz CT molecular complexity index is 1120. The van der Waals surface area contributed by atoms with Crippen LogP contribution >= 0.6 is 35.0 Å². The van der Waals surface area contributed by atoms with Crippen molar-refractivity contribution in [2.24, 2.45) is 5.73 Å². The molecule has 32 heavy (non-hydrogen) atoms. The molecule has 1 aromatic carbocycles. The molecule has 0 radical (unpaired) electrons. The average Bonchev–Trinajstić information content (AvgIpc) is 2.77. The van der Waals surface area contributed by atoms with Gasteiger partial charge in [-0.2, -0.15) is 0 Å². The number of carbonyl (C=O) groups is 1. The van der Waals surface area contributed by atoms with Gasteiger partial charge in [0.15, 0.2) is 0 Å². The van der Waals surface area contributed by atoms with E-state index in [1.165, 1.54) is 24.2 Å². The molecule has 3 aromatic rings. The van der Waals surface area contributed by atoms with E-state index in [2.05, 4.69) is 32.1 Å². The average molecular weight is 489 g/mol. The number of aromatic nitrogens is 3. The first-order chi connectivity index (χ1) is 15.3. The smallest absolute Gasteiger partial charge is 0.257 e. The minimum absolute atomic E-state index is 0.111. The Morgan fingerprint density at radius 1 is 1.16 bits per heavy atom. The van der Waals surface area contributed by atoms with Crippen LogP contribution in [0.5, 0.6) is 0 Å². The Morgan fingerprint density at radius 3 is 2.62 bits per heavy atom. The monoisotopic (exact) mass is 488 g/mol. The van der Waals surface area contributed by atoms with E-state index in [1.54, 1.807) is 24.5 Å². The number of halogens is 2. The zero-order valence-corrected chi connectivity index (χ0v) is 19.7. The van der Waals surface area contributed by atoms with Crippen LogP contribution in [0.4, 0.5) is 11.5 Å². The molecule has 1 amide bonds. The highest BCUT2D eigenvalue weighted by molar-refractivity contribution is 7.99. The van der Waals surface area contributed by atoms with Gasteiger partial charge in [0.2, 0.25) is 0 Å². The van der Waals surface area contributed by atoms with Gasteiger partial charge in [-0.25, -0.2) is 9.97 Å². The van der Waals surface area contributed by atoms with E-state index >= 15 is 0 Å². The molecule has 166 valence electrons. The van der Waals surface area contributed by atoms with Gasteiger partial charge in [-0.05, 0) is 38.0 Å². The molecule has 7 nitrogen and oxygen atoms in total. The number of nitrogens with one attached hydrogen (secondary N) is 1. The van der Waals surface area contributed by atoms with Crippen LogP contribution < -0.4 is 16.0 Å². The zero-order valence-electron chi connectivity index (χ0n) is 17.4. The maximum atomic E-state index is 12.6. The second-order valence-corrected chi connectivity index (χ2v) is 9.73. The lowest BCUT2D eigenvalue weighted by Crippen LogP contribution is -2.48. The quantitative estimate of drug-likeness (QED) is 0.526. The highest BCUT2D eigenvalue weighted by Gasteiger charge is 2.26. The number of amides is 1. The van der Waals surface area contributed by atoms with Crippen LogP contribution in [-0.2, 0) is 0 Å². The minimum atomic E-state index is -0.360. The molecule has 2 aromatic heterocycles. The summed E-state index contributed by atoms with van der Waals surface area (Å²) in [6.45, 7) is 3.81. The highest BCUT2D eigenvalue weighted by Crippen LogP contribution is 2.37. The largest absolute Gasteiger partial charge is 0.355 e. The number of carbonyl (C=O) groups excluding carboxylic acids is 1. The lowest BCUT2D eigenvalue weighted by atomic mass is 9.91. The number of anilines is 2. The van der Waals surface area contributed by atoms with Gasteiger partial charge >= 0.3 is 0 Å². The standard InChI is InChI=1S/C22H22Cl2N6OS/c1-22(25)6-9-30(10-7-22)18-12-28-19(13-27-18)32-17-4-2-3-16(20(17)24)29-21(31)14-5-8-26-11-15(14)23/h2-5,8,11-13H,6-7,9-10,25H2,1H3,(H,29,31). The van der Waals surface area contributed by atoms with Crippen molar-refractivity contribution >= 4 is 52.4 Å². The van der Waals surface area contributed by atoms with Gasteiger partial charge in [0, 0.05) is 35.9 Å². The summed E-state index contributed by atoms with van der Waals surface area (Å²) >= 11 is 14.0. The summed E-state index contributed by atoms with van der Waals surface area (Å²) in [7, 11) is 0. The van der Waals surface area contributed by atoms with E-state index in [-0.39, 0.29) is 16.5 Å². The zero-order chi connectivity index (χ0) is 22.7. The van der Waals surface area contributed by atoms with Crippen molar-refractivity contribution in [3.8, 4) is 0 Å². The second kappa shape index (κ2) is 9.62. The second-order valence-electron chi connectivity index (χ2n) is 7.88. The van der Waals surface area contributed by atoms with Gasteiger partial charge in [-0.15, -0.1) is 0 Å². The van der Waals surface area contributed by atoms with E-state index in [4.69, 9.17) is 28.9 Å². The Hall–Kier alpha value is -2.39. The fourth-order valence-corrected chi connectivity index (χ4v) is 4.60. The SMILES string of the molecule is CC1(N)CCN(c2cnc(Sc3cccc(NC(=O)c4ccncc4Cl)c3Cl)cn2)CC1. The lowest BCUT2D eigenvalue weighted by Gasteiger charge is -2.37. The molecular weight excluding hydrogens is 467 g/mol. The molecule has 0 atom stereocenters. The van der Waals surface area contributed by atoms with Crippen LogP contribution in [0.2, 0.25) is 10.0 Å². The van der Waals surface area contributed by atoms with E-state index in [1.807, 2.05) is 12.1 Å². The molecule has 1 aliphatic rings. The first-order valence-electron chi connectivity index (χ1n) is 10.1. The summed E-state index contributed by atoms with van der Waals surface area (Å²) in [4.78, 5) is 28.5. The fourth-order valence-electron chi connectivity index (χ4n) is 3.32. The molecule has 4 rings (SSSR count). The molecule has 1 saturated heterocycles. The van der Waals surface area contributed by atoms with Gasteiger partial charge < -0.3 is 16.0 Å². The number of hydrogen-bond acceptors (Lipinski definition) is 7. The summed E-state index contributed by atoms with van der Waals surface area (Å²) in [5.74, 6) is 0.479. The van der Waals surface area contributed by atoms with Crippen molar-refractivity contribution in [1.29, 1.82) is 0 Å². The van der Waals surface area contributed by atoms with E-state index in [0.717, 1.165) is 36.6 Å². The minimum Gasteiger partial charge on any atom is -0.355 e. The maximum absolute atomic E-state index is 12.6. The Labute approximate surface area is 200 Å². The summed E-state index contributed by atoms with van der Waals surface area (Å²) in [6, 6.07) is 6.97. The predicted octanol–water partition coefficient (Wildman–Crippen LogP) is 4.90. The predicted molar refractivity (Wildman–Crippen MR) is 129 cm³/mol. The van der Waals surface area contributed by atoms with Gasteiger partial charge in [0.05, 0.1) is 33.7 Å². The first kappa shape index (κ1) is 22.8. The third-order valence-corrected chi connectivity index (χ3v) is 7.09. The molecular formula is C22H22Cl2N6OS. The van der Waals surface area contributed by atoms with Crippen LogP contribution in [0, 0.1) is 0 Å². The van der Waals surface area contributed by atoms with Crippen LogP contribution in [0.15, 0.2) is 59.0 Å². The molecule has 3 N–H and O–H groups in total. The van der Waals surface area contributed by atoms with Crippen molar-refractivity contribution in [3.63, 3.8) is 0 Å². The molecule has 3 heterocycles. The molecule has 1 fully saturated rings. The van der Waals surface area contributed by atoms with Crippen LogP contribution in [0.25, 0.3) is 0 Å². The van der Waals surface area contributed by atoms with Crippen LogP contribution in [0.1, 0.15) is 30.1 Å². The summed E-state index contributed by atoms with van der Waals surface area (Å²) in [5, 5.41) is 4.20. The molecule has 0 spiro atoms. The number of pyridine rings is 1. The Kier molecular flexibility index (Phi) is 6.85. The Morgan fingerprint density at radius 2 is 1.94 bits per heavy atom. The third-order valence-electron chi connectivity index (χ3n) is 5.29. The summed E-state index contributed by atoms with van der Waals surface area (Å²) < 4.78 is 0. The number of nitrogens with zero attached hydrogens (tertiary/aromatic N) is 4. The van der Waals surface area contributed by atoms with E-state index in [9.17, 15) is 4.79 Å². The van der Waals surface area contributed by atoms with Crippen molar-refractivity contribution in [2.75, 3.05) is 23.3 Å². The lowest BCUT2D eigenvalue weighted by molar-refractivity contribution is 0.102. The topological polar surface area (TPSA) is 97.0 Å². The number of benzene rings is 1. The van der Waals surface area contributed by atoms with Crippen LogP contribution in [0.3, 0.4) is 0 Å². The molecule has 0 bridgehead atoms. The number of nitrogens with two attached hydrogens (primary N) is 1. The van der Waals surface area contributed by atoms with Crippen molar-refractivity contribution in [3.05, 3.63) is 64.7 Å². The highest BCUT2D eigenvalue weighted by atomic mass is 35.5. The normalized spacial score (nSPS) is 15.4. The number of piperidine rings is 1. The van der Waals surface area contributed by atoms with Crippen molar-refractivity contribution in [2.45, 2.75) is 35.2 Å². The summed E-state index contributed by atoms with van der Waals surface area (Å²) in [5.41, 5.74) is 6.91. The molecule has 0 aliphatic carbocycles. The molecule has 0 saturated carbocycles. The van der Waals surface area contributed by atoms with E-state index < -0.39 is 0 Å². The summed E-state index contributed by atoms with van der Waals surface area (Å²) in [6.07, 6.45) is 8.27. The molecule has 0 unspecified atom stereocenters. The molecule has 10 heteroatoms. The van der Waals surface area contributed by atoms with Crippen molar-refractivity contribution in [1.82, 2.24) is 15.0 Å². The first-order valence-corrected chi connectivity index (χ1v) is 11.6. The number of hydrogen-bond donors (Lipinski definition) is 2. The fraction of sp³-hybridized carbons (Fsp3) is 0.273. The van der Waals surface area contributed by atoms with Gasteiger partial charge in [-0.1, -0.05) is 41.0 Å². The third kappa shape index (κ3) is 5.32. The number of rotatable bonds is 5. The van der Waals surface area contributed by atoms with Gasteiger partial charge in [0.25, 0.3) is 5.91 Å². The van der Waals surface area contributed by atoms with Crippen molar-refractivity contribution < 1.29 is 4.79 Å². The van der Waals surface area contributed by atoms with Gasteiger partial charge in [-0.3, -0.25) is 9.78 Å². The molecule has 1 aliphatic heterocycles. The maximum Gasteiger partial charge on any atom is 0.257 e. The van der Waals surface area contributed by atoms with Crippen LogP contribution in [-0.4, -0.2) is 39.5 Å². The van der Waals surface area contributed by atoms with E-state index in [0.29, 0.717) is 21.3 Å².